The van der Waals surface area contributed by atoms with E-state index >= 15 is 0 Å². The van der Waals surface area contributed by atoms with Crippen LogP contribution in [0.4, 0.5) is 4.39 Å². The number of hydrogen-bond acceptors (Lipinski definition) is 1. The number of hydrogen-bond donors (Lipinski definition) is 0. The minimum Gasteiger partial charge on any atom is -0.268 e. The molecular formula is C16H12ClFN2. The molecular weight excluding hydrogens is 275 g/mol. The summed E-state index contributed by atoms with van der Waals surface area (Å²) in [5, 5.41) is 5.02. The molecule has 0 N–H and O–H groups in total. The Bertz CT molecular complexity index is 719. The number of benzene rings is 2. The third kappa shape index (κ3) is 2.89. The zero-order valence-corrected chi connectivity index (χ0v) is 11.4. The van der Waals surface area contributed by atoms with Crippen LogP contribution < -0.4 is 0 Å². The van der Waals surface area contributed by atoms with E-state index in [0.717, 1.165) is 21.7 Å². The van der Waals surface area contributed by atoms with Crippen LogP contribution in [0.2, 0.25) is 5.02 Å². The van der Waals surface area contributed by atoms with Gasteiger partial charge >= 0.3 is 0 Å². The van der Waals surface area contributed by atoms with Crippen molar-refractivity contribution in [3.8, 4) is 11.1 Å². The first-order chi connectivity index (χ1) is 9.70. The largest absolute Gasteiger partial charge is 0.268 e. The summed E-state index contributed by atoms with van der Waals surface area (Å²) in [5.41, 5.74) is 2.84. The monoisotopic (exact) mass is 286 g/mol. The predicted octanol–water partition coefficient (Wildman–Crippen LogP) is 4.39. The SMILES string of the molecule is Fc1cccc(-c2cnn(Cc3ccc(Cl)cc3)c2)c1. The molecule has 3 rings (SSSR count). The first kappa shape index (κ1) is 12.9. The van der Waals surface area contributed by atoms with Gasteiger partial charge in [-0.15, -0.1) is 0 Å². The van der Waals surface area contributed by atoms with E-state index in [0.29, 0.717) is 6.54 Å². The van der Waals surface area contributed by atoms with Crippen LogP contribution in [0.3, 0.4) is 0 Å². The molecule has 20 heavy (non-hydrogen) atoms. The highest BCUT2D eigenvalue weighted by Crippen LogP contribution is 2.19. The Kier molecular flexibility index (Phi) is 3.52. The molecule has 3 aromatic rings. The predicted molar refractivity (Wildman–Crippen MR) is 78.2 cm³/mol. The van der Waals surface area contributed by atoms with Crippen LogP contribution in [-0.2, 0) is 6.54 Å². The summed E-state index contributed by atoms with van der Waals surface area (Å²) in [6.07, 6.45) is 3.65. The molecule has 0 atom stereocenters. The maximum atomic E-state index is 13.2. The Hall–Kier alpha value is -2.13. The van der Waals surface area contributed by atoms with Crippen LogP contribution in [0.5, 0.6) is 0 Å². The lowest BCUT2D eigenvalue weighted by molar-refractivity contribution is 0.628. The van der Waals surface area contributed by atoms with Crippen LogP contribution in [0.15, 0.2) is 60.9 Å². The first-order valence-corrected chi connectivity index (χ1v) is 6.61. The van der Waals surface area contributed by atoms with Crippen molar-refractivity contribution in [3.05, 3.63) is 77.3 Å². The lowest BCUT2D eigenvalue weighted by Gasteiger charge is -2.02. The zero-order chi connectivity index (χ0) is 13.9. The number of rotatable bonds is 3. The minimum absolute atomic E-state index is 0.243. The van der Waals surface area contributed by atoms with Gasteiger partial charge in [0.25, 0.3) is 0 Å². The third-order valence-corrected chi connectivity index (χ3v) is 3.30. The van der Waals surface area contributed by atoms with E-state index in [1.165, 1.54) is 12.1 Å². The summed E-state index contributed by atoms with van der Waals surface area (Å²) in [5.74, 6) is -0.243. The van der Waals surface area contributed by atoms with E-state index in [1.54, 1.807) is 12.3 Å². The molecule has 2 nitrogen and oxygen atoms in total. The van der Waals surface area contributed by atoms with Gasteiger partial charge in [-0.1, -0.05) is 35.9 Å². The molecule has 1 aromatic heterocycles. The molecule has 0 amide bonds. The van der Waals surface area contributed by atoms with Gasteiger partial charge < -0.3 is 0 Å². The highest BCUT2D eigenvalue weighted by atomic mass is 35.5. The Morgan fingerprint density at radius 3 is 2.60 bits per heavy atom. The summed E-state index contributed by atoms with van der Waals surface area (Å²) < 4.78 is 15.0. The van der Waals surface area contributed by atoms with Gasteiger partial charge in [0.15, 0.2) is 0 Å². The third-order valence-electron chi connectivity index (χ3n) is 3.05. The molecule has 0 radical (unpaired) electrons. The van der Waals surface area contributed by atoms with Crippen LogP contribution in [0.25, 0.3) is 11.1 Å². The summed E-state index contributed by atoms with van der Waals surface area (Å²) >= 11 is 5.86. The Morgan fingerprint density at radius 2 is 1.85 bits per heavy atom. The van der Waals surface area contributed by atoms with Crippen LogP contribution >= 0.6 is 11.6 Å². The fraction of sp³-hybridized carbons (Fsp3) is 0.0625. The topological polar surface area (TPSA) is 17.8 Å². The normalized spacial score (nSPS) is 10.7. The van der Waals surface area contributed by atoms with E-state index < -0.39 is 0 Å². The molecule has 0 aliphatic rings. The molecule has 4 heteroatoms. The van der Waals surface area contributed by atoms with Crippen molar-refractivity contribution < 1.29 is 4.39 Å². The molecule has 0 unspecified atom stereocenters. The highest BCUT2D eigenvalue weighted by Gasteiger charge is 2.03. The second kappa shape index (κ2) is 5.47. The second-order valence-electron chi connectivity index (χ2n) is 4.56. The van der Waals surface area contributed by atoms with Crippen LogP contribution in [0, 0.1) is 5.82 Å². The van der Waals surface area contributed by atoms with Crippen molar-refractivity contribution in [2.45, 2.75) is 6.54 Å². The van der Waals surface area contributed by atoms with Gasteiger partial charge in [-0.3, -0.25) is 4.68 Å². The molecule has 2 aromatic carbocycles. The van der Waals surface area contributed by atoms with Crippen molar-refractivity contribution in [2.24, 2.45) is 0 Å². The summed E-state index contributed by atoms with van der Waals surface area (Å²) in [4.78, 5) is 0. The van der Waals surface area contributed by atoms with Gasteiger partial charge in [-0.2, -0.15) is 5.10 Å². The molecule has 0 aliphatic heterocycles. The molecule has 0 aliphatic carbocycles. The lowest BCUT2D eigenvalue weighted by atomic mass is 10.1. The quantitative estimate of drug-likeness (QED) is 0.698. The zero-order valence-electron chi connectivity index (χ0n) is 10.6. The van der Waals surface area contributed by atoms with Crippen LogP contribution in [0.1, 0.15) is 5.56 Å². The Labute approximate surface area is 121 Å². The molecule has 0 bridgehead atoms. The van der Waals surface area contributed by atoms with Gasteiger partial charge in [-0.05, 0) is 35.4 Å². The van der Waals surface area contributed by atoms with E-state index in [2.05, 4.69) is 5.10 Å². The second-order valence-corrected chi connectivity index (χ2v) is 5.00. The fourth-order valence-corrected chi connectivity index (χ4v) is 2.17. The van der Waals surface area contributed by atoms with Crippen molar-refractivity contribution >= 4 is 11.6 Å². The minimum atomic E-state index is -0.243. The molecule has 0 spiro atoms. The van der Waals surface area contributed by atoms with Gasteiger partial charge in [0.1, 0.15) is 5.82 Å². The summed E-state index contributed by atoms with van der Waals surface area (Å²) in [7, 11) is 0. The fourth-order valence-electron chi connectivity index (χ4n) is 2.04. The van der Waals surface area contributed by atoms with E-state index in [1.807, 2.05) is 41.2 Å². The Morgan fingerprint density at radius 1 is 1.05 bits per heavy atom. The number of nitrogens with zero attached hydrogens (tertiary/aromatic N) is 2. The maximum absolute atomic E-state index is 13.2. The standard InChI is InChI=1S/C16H12ClFN2/c17-15-6-4-12(5-7-15)10-20-11-14(9-19-20)13-2-1-3-16(18)8-13/h1-9,11H,10H2. The first-order valence-electron chi connectivity index (χ1n) is 6.23. The number of halogens is 2. The van der Waals surface area contributed by atoms with Crippen molar-refractivity contribution in [2.75, 3.05) is 0 Å². The average Bonchev–Trinajstić information content (AvgIpc) is 2.90. The van der Waals surface area contributed by atoms with Crippen LogP contribution in [-0.4, -0.2) is 9.78 Å². The van der Waals surface area contributed by atoms with Gasteiger partial charge in [0, 0.05) is 16.8 Å². The molecule has 0 fully saturated rings. The molecule has 1 heterocycles. The maximum Gasteiger partial charge on any atom is 0.123 e. The smallest absolute Gasteiger partial charge is 0.123 e. The number of aromatic nitrogens is 2. The van der Waals surface area contributed by atoms with E-state index in [9.17, 15) is 4.39 Å². The van der Waals surface area contributed by atoms with Crippen molar-refractivity contribution in [1.29, 1.82) is 0 Å². The molecule has 0 saturated heterocycles. The van der Waals surface area contributed by atoms with Gasteiger partial charge in [-0.25, -0.2) is 4.39 Å². The average molecular weight is 287 g/mol. The highest BCUT2D eigenvalue weighted by molar-refractivity contribution is 6.30. The van der Waals surface area contributed by atoms with Gasteiger partial charge in [0.2, 0.25) is 0 Å². The molecule has 0 saturated carbocycles. The van der Waals surface area contributed by atoms with Crippen molar-refractivity contribution in [3.63, 3.8) is 0 Å². The van der Waals surface area contributed by atoms with Gasteiger partial charge in [0.05, 0.1) is 12.7 Å². The molecule has 100 valence electrons. The summed E-state index contributed by atoms with van der Waals surface area (Å²) in [6.45, 7) is 0.659. The lowest BCUT2D eigenvalue weighted by Crippen LogP contribution is -1.99. The van der Waals surface area contributed by atoms with Crippen molar-refractivity contribution in [1.82, 2.24) is 9.78 Å². The summed E-state index contributed by atoms with van der Waals surface area (Å²) in [6, 6.07) is 14.1. The Balaban J connectivity index is 1.82. The van der Waals surface area contributed by atoms with E-state index in [-0.39, 0.29) is 5.82 Å². The van der Waals surface area contributed by atoms with E-state index in [4.69, 9.17) is 11.6 Å².